The summed E-state index contributed by atoms with van der Waals surface area (Å²) in [5.41, 5.74) is 2.77. The Balaban J connectivity index is 1.08. The SMILES string of the molecule is COc1ccc(CN(CCN(C)CCN2CCN(C(=O)c3cc4cc(Cl)ccc4[nH]3)CC2)c2ccccn2)cc1. The molecule has 9 heteroatoms. The van der Waals surface area contributed by atoms with Gasteiger partial charge < -0.3 is 24.4 Å². The lowest BCUT2D eigenvalue weighted by atomic mass is 10.2. The van der Waals surface area contributed by atoms with Crippen molar-refractivity contribution in [3.8, 4) is 5.75 Å². The maximum atomic E-state index is 13.1. The summed E-state index contributed by atoms with van der Waals surface area (Å²) in [6, 6.07) is 21.8. The van der Waals surface area contributed by atoms with Gasteiger partial charge in [0.15, 0.2) is 0 Å². The lowest BCUT2D eigenvalue weighted by molar-refractivity contribution is 0.0622. The molecule has 5 rings (SSSR count). The van der Waals surface area contributed by atoms with E-state index in [9.17, 15) is 4.79 Å². The van der Waals surface area contributed by atoms with Gasteiger partial charge in [-0.25, -0.2) is 4.98 Å². The normalized spacial score (nSPS) is 14.2. The molecule has 40 heavy (non-hydrogen) atoms. The average Bonchev–Trinajstić information content (AvgIpc) is 3.42. The van der Waals surface area contributed by atoms with Crippen LogP contribution in [0.5, 0.6) is 5.75 Å². The van der Waals surface area contributed by atoms with Crippen molar-refractivity contribution < 1.29 is 9.53 Å². The number of rotatable bonds is 11. The zero-order chi connectivity index (χ0) is 27.9. The summed E-state index contributed by atoms with van der Waals surface area (Å²) in [7, 11) is 3.86. The first-order valence-electron chi connectivity index (χ1n) is 13.8. The van der Waals surface area contributed by atoms with Crippen molar-refractivity contribution in [2.24, 2.45) is 0 Å². The van der Waals surface area contributed by atoms with E-state index in [1.807, 2.05) is 59.6 Å². The molecule has 4 aromatic rings. The molecule has 0 aliphatic carbocycles. The molecule has 1 amide bonds. The number of halogens is 1. The predicted molar refractivity (Wildman–Crippen MR) is 161 cm³/mol. The number of amides is 1. The van der Waals surface area contributed by atoms with E-state index in [1.165, 1.54) is 5.56 Å². The number of aromatic amines is 1. The lowest BCUT2D eigenvalue weighted by Crippen LogP contribution is -2.50. The molecule has 0 saturated carbocycles. The first-order valence-corrected chi connectivity index (χ1v) is 14.1. The second-order valence-electron chi connectivity index (χ2n) is 10.3. The highest BCUT2D eigenvalue weighted by molar-refractivity contribution is 6.31. The zero-order valence-electron chi connectivity index (χ0n) is 23.2. The van der Waals surface area contributed by atoms with E-state index in [1.54, 1.807) is 7.11 Å². The van der Waals surface area contributed by atoms with Crippen LogP contribution in [0.1, 0.15) is 16.1 Å². The Kier molecular flexibility index (Phi) is 9.21. The highest BCUT2D eigenvalue weighted by Gasteiger charge is 2.23. The minimum atomic E-state index is 0.0514. The maximum absolute atomic E-state index is 13.1. The van der Waals surface area contributed by atoms with Crippen LogP contribution in [-0.4, -0.2) is 97.1 Å². The number of ether oxygens (including phenoxy) is 1. The van der Waals surface area contributed by atoms with Crippen molar-refractivity contribution in [3.05, 3.63) is 89.2 Å². The number of nitrogens with one attached hydrogen (secondary N) is 1. The monoisotopic (exact) mass is 560 g/mol. The van der Waals surface area contributed by atoms with E-state index < -0.39 is 0 Å². The van der Waals surface area contributed by atoms with Gasteiger partial charge in [-0.15, -0.1) is 0 Å². The van der Waals surface area contributed by atoms with E-state index >= 15 is 0 Å². The molecule has 0 atom stereocenters. The van der Waals surface area contributed by atoms with Crippen molar-refractivity contribution in [2.75, 3.05) is 71.4 Å². The van der Waals surface area contributed by atoms with Gasteiger partial charge in [0.05, 0.1) is 7.11 Å². The van der Waals surface area contributed by atoms with Gasteiger partial charge in [0, 0.05) is 81.0 Å². The minimum absolute atomic E-state index is 0.0514. The number of likely N-dealkylation sites (N-methyl/N-ethyl adjacent to an activating group) is 1. The molecule has 2 aromatic carbocycles. The summed E-state index contributed by atoms with van der Waals surface area (Å²) in [6.45, 7) is 7.75. The van der Waals surface area contributed by atoms with E-state index in [4.69, 9.17) is 16.3 Å². The molecule has 3 heterocycles. The summed E-state index contributed by atoms with van der Waals surface area (Å²) in [5.74, 6) is 1.89. The van der Waals surface area contributed by atoms with Crippen LogP contribution >= 0.6 is 11.6 Å². The zero-order valence-corrected chi connectivity index (χ0v) is 24.0. The Morgan fingerprint density at radius 2 is 1.80 bits per heavy atom. The molecular formula is C31H37ClN6O2. The molecule has 0 spiro atoms. The molecule has 2 aromatic heterocycles. The van der Waals surface area contributed by atoms with Gasteiger partial charge in [0.25, 0.3) is 5.91 Å². The largest absolute Gasteiger partial charge is 0.497 e. The number of hydrogen-bond donors (Lipinski definition) is 1. The Hall–Kier alpha value is -3.59. The highest BCUT2D eigenvalue weighted by atomic mass is 35.5. The number of hydrogen-bond acceptors (Lipinski definition) is 6. The molecule has 8 nitrogen and oxygen atoms in total. The number of pyridine rings is 1. The number of H-pyrrole nitrogens is 1. The quantitative estimate of drug-likeness (QED) is 0.289. The van der Waals surface area contributed by atoms with Gasteiger partial charge in [-0.05, 0) is 61.1 Å². The van der Waals surface area contributed by atoms with Gasteiger partial charge in [-0.2, -0.15) is 0 Å². The Morgan fingerprint density at radius 3 is 2.52 bits per heavy atom. The van der Waals surface area contributed by atoms with Crippen molar-refractivity contribution in [2.45, 2.75) is 6.54 Å². The molecule has 1 saturated heterocycles. The number of aromatic nitrogens is 2. The van der Waals surface area contributed by atoms with Crippen molar-refractivity contribution in [1.29, 1.82) is 0 Å². The van der Waals surface area contributed by atoms with Crippen LogP contribution in [-0.2, 0) is 6.54 Å². The molecule has 1 aliphatic heterocycles. The third kappa shape index (κ3) is 7.13. The standard InChI is InChI=1S/C31H37ClN6O2/c1-35(14-18-38(30-5-3-4-12-33-30)23-24-6-9-27(40-2)10-7-24)13-15-36-16-19-37(20-17-36)31(39)29-22-25-21-26(32)8-11-28(25)34-29/h3-12,21-22,34H,13-20,23H2,1-2H3. The molecule has 0 bridgehead atoms. The average molecular weight is 561 g/mol. The van der Waals surface area contributed by atoms with Crippen LogP contribution in [0.3, 0.4) is 0 Å². The Morgan fingerprint density at radius 1 is 1.00 bits per heavy atom. The smallest absolute Gasteiger partial charge is 0.270 e. The van der Waals surface area contributed by atoms with Crippen LogP contribution in [0.15, 0.2) is 72.9 Å². The first kappa shape index (κ1) is 28.0. The molecule has 210 valence electrons. The lowest BCUT2D eigenvalue weighted by Gasteiger charge is -2.35. The number of piperazine rings is 1. The van der Waals surface area contributed by atoms with Crippen LogP contribution in [0.25, 0.3) is 10.9 Å². The van der Waals surface area contributed by atoms with Gasteiger partial charge in [-0.3, -0.25) is 9.69 Å². The summed E-state index contributed by atoms with van der Waals surface area (Å²) >= 11 is 6.10. The molecule has 1 fully saturated rings. The molecule has 0 radical (unpaired) electrons. The molecular weight excluding hydrogens is 524 g/mol. The van der Waals surface area contributed by atoms with Crippen LogP contribution < -0.4 is 9.64 Å². The first-order chi connectivity index (χ1) is 19.5. The molecule has 0 unspecified atom stereocenters. The van der Waals surface area contributed by atoms with Crippen molar-refractivity contribution in [1.82, 2.24) is 24.7 Å². The number of fused-ring (bicyclic) bond motifs is 1. The fraction of sp³-hybridized carbons (Fsp3) is 0.355. The topological polar surface area (TPSA) is 67.9 Å². The molecule has 1 aliphatic rings. The maximum Gasteiger partial charge on any atom is 0.270 e. The number of anilines is 1. The van der Waals surface area contributed by atoms with E-state index in [2.05, 4.69) is 49.9 Å². The van der Waals surface area contributed by atoms with Crippen LogP contribution in [0, 0.1) is 0 Å². The van der Waals surface area contributed by atoms with Crippen LogP contribution in [0.2, 0.25) is 5.02 Å². The molecule has 1 N–H and O–H groups in total. The number of nitrogens with zero attached hydrogens (tertiary/aromatic N) is 5. The second-order valence-corrected chi connectivity index (χ2v) is 10.7. The third-order valence-electron chi connectivity index (χ3n) is 7.53. The summed E-state index contributed by atoms with van der Waals surface area (Å²) in [6.07, 6.45) is 1.85. The number of benzene rings is 2. The van der Waals surface area contributed by atoms with Crippen LogP contribution in [0.4, 0.5) is 5.82 Å². The fourth-order valence-corrected chi connectivity index (χ4v) is 5.23. The summed E-state index contributed by atoms with van der Waals surface area (Å²) in [4.78, 5) is 30.0. The highest BCUT2D eigenvalue weighted by Crippen LogP contribution is 2.21. The third-order valence-corrected chi connectivity index (χ3v) is 7.76. The second kappa shape index (κ2) is 13.2. The number of methoxy groups -OCH3 is 1. The predicted octanol–water partition coefficient (Wildman–Crippen LogP) is 4.62. The number of carbonyl (C=O) groups is 1. The number of carbonyl (C=O) groups excluding carboxylic acids is 1. The van der Waals surface area contributed by atoms with Gasteiger partial charge >= 0.3 is 0 Å². The van der Waals surface area contributed by atoms with E-state index in [0.29, 0.717) is 10.7 Å². The van der Waals surface area contributed by atoms with Gasteiger partial charge in [-0.1, -0.05) is 29.8 Å². The Labute approximate surface area is 241 Å². The van der Waals surface area contributed by atoms with E-state index in [0.717, 1.165) is 81.4 Å². The van der Waals surface area contributed by atoms with Crippen molar-refractivity contribution >= 4 is 34.2 Å². The summed E-state index contributed by atoms with van der Waals surface area (Å²) in [5, 5.41) is 1.63. The fourth-order valence-electron chi connectivity index (χ4n) is 5.05. The van der Waals surface area contributed by atoms with Crippen molar-refractivity contribution in [3.63, 3.8) is 0 Å². The van der Waals surface area contributed by atoms with Gasteiger partial charge in [0.2, 0.25) is 0 Å². The van der Waals surface area contributed by atoms with Gasteiger partial charge in [0.1, 0.15) is 17.3 Å². The Bertz CT molecular complexity index is 1390. The summed E-state index contributed by atoms with van der Waals surface area (Å²) < 4.78 is 5.31. The minimum Gasteiger partial charge on any atom is -0.497 e. The van der Waals surface area contributed by atoms with E-state index in [-0.39, 0.29) is 5.91 Å².